The number of benzene rings is 1. The third-order valence-corrected chi connectivity index (χ3v) is 6.47. The average Bonchev–Trinajstić information content (AvgIpc) is 3.24. The van der Waals surface area contributed by atoms with Gasteiger partial charge in [0.1, 0.15) is 5.00 Å². The maximum atomic E-state index is 13.3. The van der Waals surface area contributed by atoms with Crippen LogP contribution in [0.25, 0.3) is 0 Å². The van der Waals surface area contributed by atoms with Gasteiger partial charge in [0, 0.05) is 24.2 Å². The lowest BCUT2D eigenvalue weighted by atomic mass is 10.1. The number of rotatable bonds is 4. The Morgan fingerprint density at radius 1 is 1.14 bits per heavy atom. The van der Waals surface area contributed by atoms with Gasteiger partial charge in [0.2, 0.25) is 0 Å². The molecule has 1 aromatic heterocycles. The van der Waals surface area contributed by atoms with Crippen LogP contribution in [0.15, 0.2) is 35.7 Å². The van der Waals surface area contributed by atoms with Gasteiger partial charge in [-0.15, -0.1) is 23.7 Å². The number of carbonyl (C=O) groups excluding carboxylic acids is 2. The van der Waals surface area contributed by atoms with Gasteiger partial charge in [0.15, 0.2) is 0 Å². The molecule has 5 nitrogen and oxygen atoms in total. The van der Waals surface area contributed by atoms with Gasteiger partial charge in [-0.05, 0) is 61.4 Å². The molecule has 0 aliphatic carbocycles. The number of nitrogens with one attached hydrogen (secondary N) is 2. The van der Waals surface area contributed by atoms with Gasteiger partial charge in [0.05, 0.1) is 5.56 Å². The van der Waals surface area contributed by atoms with Crippen molar-refractivity contribution in [2.75, 3.05) is 18.4 Å². The monoisotopic (exact) mass is 419 g/mol. The molecule has 28 heavy (non-hydrogen) atoms. The molecule has 2 atom stereocenters. The highest BCUT2D eigenvalue weighted by Crippen LogP contribution is 2.33. The number of hydrogen-bond acceptors (Lipinski definition) is 4. The highest BCUT2D eigenvalue weighted by Gasteiger charge is 2.39. The van der Waals surface area contributed by atoms with E-state index in [9.17, 15) is 9.59 Å². The minimum absolute atomic E-state index is 0. The summed E-state index contributed by atoms with van der Waals surface area (Å²) in [4.78, 5) is 27.9. The Balaban J connectivity index is 0.00000225. The summed E-state index contributed by atoms with van der Waals surface area (Å²) in [7, 11) is 0. The van der Waals surface area contributed by atoms with Gasteiger partial charge in [-0.1, -0.05) is 19.1 Å². The molecule has 7 heteroatoms. The quantitative estimate of drug-likeness (QED) is 0.788. The third-order valence-electron chi connectivity index (χ3n) is 5.64. The fourth-order valence-electron chi connectivity index (χ4n) is 4.09. The zero-order chi connectivity index (χ0) is 18.8. The largest absolute Gasteiger partial charge is 0.331 e. The molecular weight excluding hydrogens is 394 g/mol. The molecule has 150 valence electrons. The molecule has 2 bridgehead atoms. The van der Waals surface area contributed by atoms with Crippen molar-refractivity contribution in [3.63, 3.8) is 0 Å². The molecule has 2 aliphatic rings. The van der Waals surface area contributed by atoms with Crippen LogP contribution in [0.5, 0.6) is 0 Å². The summed E-state index contributed by atoms with van der Waals surface area (Å²) in [5.41, 5.74) is 2.42. The van der Waals surface area contributed by atoms with E-state index in [0.717, 1.165) is 38.8 Å². The Labute approximate surface area is 175 Å². The van der Waals surface area contributed by atoms with Crippen molar-refractivity contribution in [1.82, 2.24) is 10.2 Å². The fraction of sp³-hybridized carbons (Fsp3) is 0.429. The number of amides is 2. The minimum atomic E-state index is -0.172. The summed E-state index contributed by atoms with van der Waals surface area (Å²) in [6.45, 7) is 3.91. The van der Waals surface area contributed by atoms with Gasteiger partial charge in [-0.2, -0.15) is 0 Å². The maximum Gasteiger partial charge on any atom is 0.257 e. The van der Waals surface area contributed by atoms with Gasteiger partial charge in [0.25, 0.3) is 11.8 Å². The predicted octanol–water partition coefficient (Wildman–Crippen LogP) is 3.95. The van der Waals surface area contributed by atoms with Gasteiger partial charge >= 0.3 is 0 Å². The highest BCUT2D eigenvalue weighted by atomic mass is 35.5. The molecule has 2 saturated heterocycles. The number of fused-ring (bicyclic) bond motifs is 2. The molecule has 1 aromatic carbocycles. The van der Waals surface area contributed by atoms with Gasteiger partial charge < -0.3 is 15.5 Å². The predicted molar refractivity (Wildman–Crippen MR) is 116 cm³/mol. The Bertz CT molecular complexity index is 822. The molecule has 2 fully saturated rings. The summed E-state index contributed by atoms with van der Waals surface area (Å²) in [6, 6.07) is 10.0. The second-order valence-corrected chi connectivity index (χ2v) is 8.17. The number of halogens is 1. The standard InChI is InChI=1S/C21H25N3O2S.ClH/c1-2-14-3-5-15(6-4-14)19(25)23-20-18(10-12-27-20)21(26)24-16-7-8-17(24)13-22-11-9-16;/h3-6,10,12,16-17,22H,2,7-9,11,13H2,1H3,(H,23,25);1H. The van der Waals surface area contributed by atoms with E-state index >= 15 is 0 Å². The first-order valence-corrected chi connectivity index (χ1v) is 10.6. The Hall–Kier alpha value is -1.89. The SMILES string of the molecule is CCc1ccc(C(=O)Nc2sccc2C(=O)N2C3CCNCC2CC3)cc1.Cl. The average molecular weight is 420 g/mol. The van der Waals surface area contributed by atoms with Crippen molar-refractivity contribution in [3.8, 4) is 0 Å². The van der Waals surface area contributed by atoms with Crippen molar-refractivity contribution in [2.24, 2.45) is 0 Å². The molecule has 2 aliphatic heterocycles. The summed E-state index contributed by atoms with van der Waals surface area (Å²) in [5, 5.41) is 8.89. The molecule has 2 N–H and O–H groups in total. The summed E-state index contributed by atoms with van der Waals surface area (Å²) >= 11 is 1.41. The van der Waals surface area contributed by atoms with Crippen LogP contribution in [-0.2, 0) is 6.42 Å². The molecule has 0 radical (unpaired) electrons. The van der Waals surface area contributed by atoms with E-state index in [2.05, 4.69) is 17.6 Å². The van der Waals surface area contributed by atoms with Crippen LogP contribution in [0, 0.1) is 0 Å². The van der Waals surface area contributed by atoms with Crippen molar-refractivity contribution in [3.05, 3.63) is 52.4 Å². The minimum Gasteiger partial charge on any atom is -0.331 e. The number of nitrogens with zero attached hydrogens (tertiary/aromatic N) is 1. The molecule has 2 unspecified atom stereocenters. The highest BCUT2D eigenvalue weighted by molar-refractivity contribution is 7.14. The number of carbonyl (C=O) groups is 2. The van der Waals surface area contributed by atoms with Crippen molar-refractivity contribution >= 4 is 40.6 Å². The van der Waals surface area contributed by atoms with E-state index in [-0.39, 0.29) is 30.3 Å². The van der Waals surface area contributed by atoms with E-state index in [1.807, 2.05) is 40.6 Å². The Kier molecular flexibility index (Phi) is 6.75. The molecular formula is C21H26ClN3O2S. The zero-order valence-electron chi connectivity index (χ0n) is 15.9. The van der Waals surface area contributed by atoms with Gasteiger partial charge in [-0.3, -0.25) is 9.59 Å². The number of aryl methyl sites for hydroxylation is 1. The van der Waals surface area contributed by atoms with Crippen molar-refractivity contribution in [2.45, 2.75) is 44.7 Å². The Morgan fingerprint density at radius 3 is 2.64 bits per heavy atom. The smallest absolute Gasteiger partial charge is 0.257 e. The molecule has 0 saturated carbocycles. The number of hydrogen-bond donors (Lipinski definition) is 2. The molecule has 2 aromatic rings. The first-order valence-electron chi connectivity index (χ1n) is 9.68. The van der Waals surface area contributed by atoms with Crippen LogP contribution in [-0.4, -0.2) is 41.9 Å². The summed E-state index contributed by atoms with van der Waals surface area (Å²) in [6.07, 6.45) is 4.07. The first-order chi connectivity index (χ1) is 13.2. The normalized spacial score (nSPS) is 21.0. The van der Waals surface area contributed by atoms with Crippen LogP contribution in [0.4, 0.5) is 5.00 Å². The lowest BCUT2D eigenvalue weighted by Crippen LogP contribution is -2.42. The topological polar surface area (TPSA) is 61.4 Å². The van der Waals surface area contributed by atoms with Crippen LogP contribution in [0.3, 0.4) is 0 Å². The van der Waals surface area contributed by atoms with Crippen molar-refractivity contribution in [1.29, 1.82) is 0 Å². The van der Waals surface area contributed by atoms with Crippen LogP contribution >= 0.6 is 23.7 Å². The van der Waals surface area contributed by atoms with E-state index in [1.54, 1.807) is 0 Å². The zero-order valence-corrected chi connectivity index (χ0v) is 17.6. The van der Waals surface area contributed by atoms with E-state index in [4.69, 9.17) is 0 Å². The molecule has 4 rings (SSSR count). The summed E-state index contributed by atoms with van der Waals surface area (Å²) < 4.78 is 0. The van der Waals surface area contributed by atoms with E-state index in [0.29, 0.717) is 22.2 Å². The molecule has 0 spiro atoms. The fourth-order valence-corrected chi connectivity index (χ4v) is 4.87. The second kappa shape index (κ2) is 9.07. The lowest BCUT2D eigenvalue weighted by Gasteiger charge is -2.28. The molecule has 3 heterocycles. The van der Waals surface area contributed by atoms with Crippen LogP contribution < -0.4 is 10.6 Å². The van der Waals surface area contributed by atoms with Crippen LogP contribution in [0.1, 0.15) is 52.5 Å². The maximum absolute atomic E-state index is 13.3. The van der Waals surface area contributed by atoms with Crippen LogP contribution in [0.2, 0.25) is 0 Å². The lowest BCUT2D eigenvalue weighted by molar-refractivity contribution is 0.0682. The Morgan fingerprint density at radius 2 is 1.89 bits per heavy atom. The number of thiophene rings is 1. The van der Waals surface area contributed by atoms with Gasteiger partial charge in [-0.25, -0.2) is 0 Å². The van der Waals surface area contributed by atoms with E-state index in [1.165, 1.54) is 16.9 Å². The van der Waals surface area contributed by atoms with Crippen molar-refractivity contribution < 1.29 is 9.59 Å². The number of anilines is 1. The van der Waals surface area contributed by atoms with E-state index < -0.39 is 0 Å². The first kappa shape index (κ1) is 20.8. The second-order valence-electron chi connectivity index (χ2n) is 7.26. The third kappa shape index (κ3) is 4.09. The summed E-state index contributed by atoms with van der Waals surface area (Å²) in [5.74, 6) is -0.126. The molecule has 2 amide bonds.